The topological polar surface area (TPSA) is 106 Å². The number of carbonyl (C=O) groups excluding carboxylic acids is 1. The maximum atomic E-state index is 11.8. The average Bonchev–Trinajstić information content (AvgIpc) is 2.78. The van der Waals surface area contributed by atoms with Crippen molar-refractivity contribution >= 4 is 23.5 Å². The first-order valence-corrected chi connectivity index (χ1v) is 9.70. The summed E-state index contributed by atoms with van der Waals surface area (Å²) in [5.41, 5.74) is 2.21. The van der Waals surface area contributed by atoms with Gasteiger partial charge in [0.05, 0.1) is 24.4 Å². The van der Waals surface area contributed by atoms with E-state index in [1.54, 1.807) is 12.1 Å². The van der Waals surface area contributed by atoms with Crippen molar-refractivity contribution in [2.24, 2.45) is 5.16 Å². The summed E-state index contributed by atoms with van der Waals surface area (Å²) < 4.78 is 5.30. The lowest BCUT2D eigenvalue weighted by Crippen LogP contribution is -2.36. The molecule has 0 unspecified atom stereocenters. The smallest absolute Gasteiger partial charge is 0.293 e. The van der Waals surface area contributed by atoms with E-state index in [1.165, 1.54) is 12.3 Å². The summed E-state index contributed by atoms with van der Waals surface area (Å²) in [6, 6.07) is 14.7. The van der Waals surface area contributed by atoms with Gasteiger partial charge < -0.3 is 19.8 Å². The molecule has 0 spiro atoms. The van der Waals surface area contributed by atoms with Crippen LogP contribution >= 0.6 is 0 Å². The summed E-state index contributed by atoms with van der Waals surface area (Å²) in [5.74, 6) is -0.281. The molecule has 3 rings (SSSR count). The standard InChI is InChI=1S/C21H24N4O5/c26-21(22-9-8-17-4-2-1-3-5-17)16-30-23-15-18-6-7-19(20(14-18)25(27)28)24-10-12-29-13-11-24/h1-7,14-15H,8-13,16H2,(H,22,26)/b23-15-. The number of oxime groups is 1. The molecular weight excluding hydrogens is 388 g/mol. The second kappa shape index (κ2) is 10.9. The number of nitro groups is 1. The highest BCUT2D eigenvalue weighted by Gasteiger charge is 2.21. The van der Waals surface area contributed by atoms with Crippen LogP contribution in [0.4, 0.5) is 11.4 Å². The van der Waals surface area contributed by atoms with Gasteiger partial charge in [0, 0.05) is 31.3 Å². The quantitative estimate of drug-likeness (QED) is 0.384. The van der Waals surface area contributed by atoms with Gasteiger partial charge >= 0.3 is 0 Å². The minimum atomic E-state index is -0.414. The fraction of sp³-hybridized carbons (Fsp3) is 0.333. The van der Waals surface area contributed by atoms with Gasteiger partial charge in [0.15, 0.2) is 6.61 Å². The van der Waals surface area contributed by atoms with Crippen LogP contribution in [0.15, 0.2) is 53.7 Å². The molecule has 0 aliphatic carbocycles. The maximum absolute atomic E-state index is 11.8. The van der Waals surface area contributed by atoms with Crippen molar-refractivity contribution in [3.05, 3.63) is 69.8 Å². The molecule has 30 heavy (non-hydrogen) atoms. The fourth-order valence-electron chi connectivity index (χ4n) is 3.07. The SMILES string of the molecule is O=C(CO/N=C\c1ccc(N2CCOCC2)c([N+](=O)[O-])c1)NCCc1ccccc1. The number of carbonyl (C=O) groups is 1. The van der Waals surface area contributed by atoms with Crippen molar-refractivity contribution in [3.63, 3.8) is 0 Å². The van der Waals surface area contributed by atoms with Crippen molar-refractivity contribution in [2.45, 2.75) is 6.42 Å². The molecule has 0 bridgehead atoms. The predicted molar refractivity (Wildman–Crippen MR) is 113 cm³/mol. The molecule has 1 heterocycles. The Balaban J connectivity index is 1.47. The van der Waals surface area contributed by atoms with E-state index in [-0.39, 0.29) is 18.2 Å². The zero-order valence-electron chi connectivity index (χ0n) is 16.5. The second-order valence-electron chi connectivity index (χ2n) is 6.70. The first-order valence-electron chi connectivity index (χ1n) is 9.70. The minimum absolute atomic E-state index is 0.000458. The maximum Gasteiger partial charge on any atom is 0.293 e. The third-order valence-electron chi connectivity index (χ3n) is 4.60. The highest BCUT2D eigenvalue weighted by molar-refractivity contribution is 5.83. The van der Waals surface area contributed by atoms with Crippen LogP contribution in [0.1, 0.15) is 11.1 Å². The van der Waals surface area contributed by atoms with E-state index in [2.05, 4.69) is 10.5 Å². The van der Waals surface area contributed by atoms with Crippen LogP contribution in [0.25, 0.3) is 0 Å². The Bertz CT molecular complexity index is 882. The molecule has 0 saturated carbocycles. The molecule has 158 valence electrons. The number of ether oxygens (including phenoxy) is 1. The van der Waals surface area contributed by atoms with Crippen LogP contribution in [0, 0.1) is 10.1 Å². The summed E-state index contributed by atoms with van der Waals surface area (Å²) >= 11 is 0. The van der Waals surface area contributed by atoms with E-state index in [1.807, 2.05) is 35.2 Å². The number of anilines is 1. The molecule has 0 aromatic heterocycles. The Morgan fingerprint density at radius 3 is 2.73 bits per heavy atom. The number of rotatable bonds is 9. The molecule has 2 aromatic carbocycles. The van der Waals surface area contributed by atoms with E-state index in [4.69, 9.17) is 9.57 Å². The predicted octanol–water partition coefficient (Wildman–Crippen LogP) is 2.14. The monoisotopic (exact) mass is 412 g/mol. The van der Waals surface area contributed by atoms with Gasteiger partial charge in [-0.25, -0.2) is 0 Å². The Morgan fingerprint density at radius 1 is 1.23 bits per heavy atom. The van der Waals surface area contributed by atoms with Gasteiger partial charge in [-0.1, -0.05) is 41.6 Å². The van der Waals surface area contributed by atoms with Gasteiger partial charge in [-0.3, -0.25) is 14.9 Å². The number of amides is 1. The molecular formula is C21H24N4O5. The zero-order valence-corrected chi connectivity index (χ0v) is 16.5. The number of nitrogens with zero attached hydrogens (tertiary/aromatic N) is 3. The highest BCUT2D eigenvalue weighted by Crippen LogP contribution is 2.29. The Labute approximate surface area is 174 Å². The van der Waals surface area contributed by atoms with Crippen LogP contribution in [0.5, 0.6) is 0 Å². The lowest BCUT2D eigenvalue weighted by Gasteiger charge is -2.28. The molecule has 2 aromatic rings. The van der Waals surface area contributed by atoms with E-state index in [0.29, 0.717) is 44.1 Å². The van der Waals surface area contributed by atoms with Crippen LogP contribution in [-0.4, -0.2) is 56.5 Å². The van der Waals surface area contributed by atoms with Gasteiger partial charge in [0.25, 0.3) is 11.6 Å². The number of hydrogen-bond donors (Lipinski definition) is 1. The summed E-state index contributed by atoms with van der Waals surface area (Å²) in [4.78, 5) is 29.8. The number of nitro benzene ring substituents is 1. The first-order chi connectivity index (χ1) is 14.6. The van der Waals surface area contributed by atoms with Crippen molar-refractivity contribution < 1.29 is 19.3 Å². The van der Waals surface area contributed by atoms with E-state index in [9.17, 15) is 14.9 Å². The third kappa shape index (κ3) is 6.28. The zero-order chi connectivity index (χ0) is 21.2. The molecule has 1 fully saturated rings. The highest BCUT2D eigenvalue weighted by atomic mass is 16.6. The van der Waals surface area contributed by atoms with Crippen molar-refractivity contribution in [1.29, 1.82) is 0 Å². The Kier molecular flexibility index (Phi) is 7.73. The number of morpholine rings is 1. The number of benzene rings is 2. The second-order valence-corrected chi connectivity index (χ2v) is 6.70. The van der Waals surface area contributed by atoms with Crippen LogP contribution < -0.4 is 10.2 Å². The van der Waals surface area contributed by atoms with Gasteiger partial charge in [0.1, 0.15) is 5.69 Å². The van der Waals surface area contributed by atoms with E-state index >= 15 is 0 Å². The molecule has 0 atom stereocenters. The Hall–Kier alpha value is -3.46. The van der Waals surface area contributed by atoms with E-state index < -0.39 is 4.92 Å². The van der Waals surface area contributed by atoms with Crippen LogP contribution in [-0.2, 0) is 20.8 Å². The molecule has 1 amide bonds. The van der Waals surface area contributed by atoms with E-state index in [0.717, 1.165) is 12.0 Å². The summed E-state index contributed by atoms with van der Waals surface area (Å²) in [6.45, 7) is 2.58. The van der Waals surface area contributed by atoms with Gasteiger partial charge in [-0.15, -0.1) is 0 Å². The minimum Gasteiger partial charge on any atom is -0.386 e. The van der Waals surface area contributed by atoms with Crippen LogP contribution in [0.2, 0.25) is 0 Å². The largest absolute Gasteiger partial charge is 0.386 e. The lowest BCUT2D eigenvalue weighted by molar-refractivity contribution is -0.384. The summed E-state index contributed by atoms with van der Waals surface area (Å²) in [5, 5.41) is 18.0. The molecule has 1 aliphatic rings. The fourth-order valence-corrected chi connectivity index (χ4v) is 3.07. The lowest BCUT2D eigenvalue weighted by atomic mass is 10.1. The first kappa shape index (κ1) is 21.3. The van der Waals surface area contributed by atoms with Crippen molar-refractivity contribution in [1.82, 2.24) is 5.32 Å². The van der Waals surface area contributed by atoms with Crippen molar-refractivity contribution in [2.75, 3.05) is 44.4 Å². The average molecular weight is 412 g/mol. The molecule has 9 heteroatoms. The molecule has 1 N–H and O–H groups in total. The van der Waals surface area contributed by atoms with Crippen molar-refractivity contribution in [3.8, 4) is 0 Å². The third-order valence-corrected chi connectivity index (χ3v) is 4.60. The summed E-state index contributed by atoms with van der Waals surface area (Å²) in [6.07, 6.45) is 2.09. The normalized spacial score (nSPS) is 13.9. The Morgan fingerprint density at radius 2 is 2.00 bits per heavy atom. The van der Waals surface area contributed by atoms with Gasteiger partial charge in [-0.05, 0) is 18.1 Å². The van der Waals surface area contributed by atoms with Crippen LogP contribution in [0.3, 0.4) is 0 Å². The molecule has 1 saturated heterocycles. The van der Waals surface area contributed by atoms with Gasteiger partial charge in [0.2, 0.25) is 0 Å². The molecule has 9 nitrogen and oxygen atoms in total. The number of nitrogens with one attached hydrogen (secondary N) is 1. The molecule has 0 radical (unpaired) electrons. The van der Waals surface area contributed by atoms with Gasteiger partial charge in [-0.2, -0.15) is 0 Å². The molecule has 1 aliphatic heterocycles. The summed E-state index contributed by atoms with van der Waals surface area (Å²) in [7, 11) is 0. The number of hydrogen-bond acceptors (Lipinski definition) is 7.